The third-order valence-corrected chi connectivity index (χ3v) is 4.98. The Morgan fingerprint density at radius 2 is 2.15 bits per heavy atom. The van der Waals surface area contributed by atoms with E-state index in [1.165, 1.54) is 0 Å². The number of hydrogen-bond donors (Lipinski definition) is 1. The first-order valence-electron chi connectivity index (χ1n) is 10.8. The summed E-state index contributed by atoms with van der Waals surface area (Å²) in [6.45, 7) is 8.44. The monoisotopic (exact) mass is 466 g/mol. The highest BCUT2D eigenvalue weighted by Crippen LogP contribution is 2.25. The molecule has 0 radical (unpaired) electrons. The smallest absolute Gasteiger partial charge is 0.225 e. The van der Waals surface area contributed by atoms with Crippen LogP contribution < -0.4 is 10.1 Å². The number of allylic oxidation sites excluding steroid dienone is 8. The Kier molecular flexibility index (Phi) is 10.9. The van der Waals surface area contributed by atoms with Crippen molar-refractivity contribution in [1.29, 1.82) is 0 Å². The first kappa shape index (κ1) is 25.9. The van der Waals surface area contributed by atoms with E-state index in [9.17, 15) is 0 Å². The van der Waals surface area contributed by atoms with E-state index in [-0.39, 0.29) is 0 Å². The van der Waals surface area contributed by atoms with Crippen LogP contribution in [-0.4, -0.2) is 28.2 Å². The zero-order valence-corrected chi connectivity index (χ0v) is 20.0. The Labute approximate surface area is 201 Å². The van der Waals surface area contributed by atoms with Crippen molar-refractivity contribution in [3.8, 4) is 5.75 Å². The number of aryl methyl sites for hydroxylation is 1. The van der Waals surface area contributed by atoms with E-state index >= 15 is 0 Å². The highest BCUT2D eigenvalue weighted by molar-refractivity contribution is 6.30. The molecular weight excluding hydrogens is 436 g/mol. The lowest BCUT2D eigenvalue weighted by Crippen LogP contribution is -2.10. The lowest BCUT2D eigenvalue weighted by molar-refractivity contribution is -0.0979. The standard InChI is InChI=1S/C25H29ClN4O.CH2O/c1-4-10-19-14-15-21(26)18-23(19)31-17-16-22(11-5-2)27-25-28-24(29-30(25)3)20-12-8-6-7-9-13-20;1-2/h4,6,8-9,11-15,18H,1,5,7,10,16-17H2,2-3H3,(H,27,28,29);1H2/b22-11-;. The lowest BCUT2D eigenvalue weighted by atomic mass is 10.1. The summed E-state index contributed by atoms with van der Waals surface area (Å²) in [4.78, 5) is 12.7. The number of aromatic nitrogens is 3. The van der Waals surface area contributed by atoms with Crippen LogP contribution in [0.3, 0.4) is 0 Å². The molecule has 7 heteroatoms. The normalized spacial score (nSPS) is 12.9. The number of carbonyl (C=O) groups excluding carboxylic acids is 1. The summed E-state index contributed by atoms with van der Waals surface area (Å²) < 4.78 is 7.81. The maximum Gasteiger partial charge on any atom is 0.225 e. The molecule has 1 heterocycles. The summed E-state index contributed by atoms with van der Waals surface area (Å²) in [6, 6.07) is 5.71. The second kappa shape index (κ2) is 13.9. The molecule has 1 N–H and O–H groups in total. The Morgan fingerprint density at radius 3 is 2.91 bits per heavy atom. The molecule has 33 heavy (non-hydrogen) atoms. The van der Waals surface area contributed by atoms with Crippen molar-refractivity contribution in [1.82, 2.24) is 14.8 Å². The van der Waals surface area contributed by atoms with Crippen LogP contribution in [-0.2, 0) is 18.3 Å². The van der Waals surface area contributed by atoms with Gasteiger partial charge in [-0.25, -0.2) is 4.68 Å². The van der Waals surface area contributed by atoms with Gasteiger partial charge in [-0.3, -0.25) is 0 Å². The molecule has 0 saturated heterocycles. The molecule has 0 fully saturated rings. The first-order valence-corrected chi connectivity index (χ1v) is 11.2. The highest BCUT2D eigenvalue weighted by atomic mass is 35.5. The maximum atomic E-state index is 8.00. The van der Waals surface area contributed by atoms with Gasteiger partial charge >= 0.3 is 0 Å². The molecule has 6 nitrogen and oxygen atoms in total. The molecule has 0 unspecified atom stereocenters. The van der Waals surface area contributed by atoms with Crippen LogP contribution in [0.1, 0.15) is 37.6 Å². The number of rotatable bonds is 10. The minimum atomic E-state index is 0.521. The summed E-state index contributed by atoms with van der Waals surface area (Å²) in [7, 11) is 1.89. The van der Waals surface area contributed by atoms with E-state index in [2.05, 4.69) is 48.2 Å². The summed E-state index contributed by atoms with van der Waals surface area (Å²) >= 11 is 6.15. The van der Waals surface area contributed by atoms with Crippen LogP contribution in [0, 0.1) is 0 Å². The largest absolute Gasteiger partial charge is 0.493 e. The van der Waals surface area contributed by atoms with Crippen molar-refractivity contribution >= 4 is 29.9 Å². The van der Waals surface area contributed by atoms with E-state index in [1.54, 1.807) is 4.68 Å². The number of hydrogen-bond acceptors (Lipinski definition) is 5. The molecule has 0 bridgehead atoms. The van der Waals surface area contributed by atoms with Gasteiger partial charge in [-0.15, -0.1) is 11.7 Å². The van der Waals surface area contributed by atoms with E-state index in [0.717, 1.165) is 41.8 Å². The van der Waals surface area contributed by atoms with Crippen molar-refractivity contribution in [3.05, 3.63) is 89.4 Å². The van der Waals surface area contributed by atoms with Gasteiger partial charge in [-0.1, -0.05) is 67.1 Å². The maximum absolute atomic E-state index is 8.00. The molecule has 174 valence electrons. The van der Waals surface area contributed by atoms with Crippen LogP contribution in [0.25, 0.3) is 5.57 Å². The van der Waals surface area contributed by atoms with Gasteiger partial charge < -0.3 is 14.8 Å². The van der Waals surface area contributed by atoms with Crippen LogP contribution in [0.4, 0.5) is 5.95 Å². The first-order chi connectivity index (χ1) is 16.1. The number of benzene rings is 1. The summed E-state index contributed by atoms with van der Waals surface area (Å²) in [5.74, 6) is 2.20. The number of nitrogens with one attached hydrogen (secondary N) is 1. The number of nitrogens with zero attached hydrogens (tertiary/aromatic N) is 3. The predicted octanol–water partition coefficient (Wildman–Crippen LogP) is 6.09. The van der Waals surface area contributed by atoms with Crippen LogP contribution >= 0.6 is 11.6 Å². The van der Waals surface area contributed by atoms with Crippen LogP contribution in [0.5, 0.6) is 5.75 Å². The highest BCUT2D eigenvalue weighted by Gasteiger charge is 2.12. The molecule has 2 aromatic rings. The Morgan fingerprint density at radius 1 is 1.33 bits per heavy atom. The van der Waals surface area contributed by atoms with Gasteiger partial charge in [0.25, 0.3) is 0 Å². The fourth-order valence-electron chi connectivity index (χ4n) is 3.21. The third kappa shape index (κ3) is 7.91. The molecule has 1 aliphatic carbocycles. The number of anilines is 1. The van der Waals surface area contributed by atoms with Gasteiger partial charge in [-0.2, -0.15) is 4.98 Å². The van der Waals surface area contributed by atoms with Gasteiger partial charge in [0, 0.05) is 29.8 Å². The molecule has 0 aliphatic heterocycles. The van der Waals surface area contributed by atoms with Gasteiger partial charge in [0.1, 0.15) is 12.5 Å². The van der Waals surface area contributed by atoms with Gasteiger partial charge in [-0.05, 0) is 37.0 Å². The topological polar surface area (TPSA) is 69.0 Å². The Balaban J connectivity index is 0.00000187. The molecule has 0 saturated carbocycles. The van der Waals surface area contributed by atoms with Crippen LogP contribution in [0.15, 0.2) is 73.0 Å². The quantitative estimate of drug-likeness (QED) is 0.429. The Hall–Kier alpha value is -3.38. The second-order valence-corrected chi connectivity index (χ2v) is 7.61. The molecule has 0 amide bonds. The lowest BCUT2D eigenvalue weighted by Gasteiger charge is -2.13. The van der Waals surface area contributed by atoms with Crippen molar-refractivity contribution < 1.29 is 9.53 Å². The summed E-state index contributed by atoms with van der Waals surface area (Å²) in [5.41, 5.74) is 3.12. The Bertz CT molecular complexity index is 1050. The molecule has 0 spiro atoms. The van der Waals surface area contributed by atoms with Crippen molar-refractivity contribution in [2.45, 2.75) is 32.6 Å². The summed E-state index contributed by atoms with van der Waals surface area (Å²) in [6.07, 6.45) is 17.6. The molecule has 1 aliphatic rings. The minimum Gasteiger partial charge on any atom is -0.493 e. The predicted molar refractivity (Wildman–Crippen MR) is 136 cm³/mol. The van der Waals surface area contributed by atoms with Crippen LogP contribution in [0.2, 0.25) is 5.02 Å². The molecular formula is C26H31ClN4O2. The fraction of sp³-hybridized carbons (Fsp3) is 0.269. The SMILES string of the molecule is C=CCc1ccc(Cl)cc1OCC/C(=C/CC)Nc1nc(C2=CC=CCC=C2)nn1C.C=O. The summed E-state index contributed by atoms with van der Waals surface area (Å²) in [5, 5.41) is 8.65. The van der Waals surface area contributed by atoms with E-state index in [1.807, 2.05) is 50.3 Å². The van der Waals surface area contributed by atoms with Crippen molar-refractivity contribution in [3.63, 3.8) is 0 Å². The van der Waals surface area contributed by atoms with E-state index in [0.29, 0.717) is 29.8 Å². The fourth-order valence-corrected chi connectivity index (χ4v) is 3.37. The average molecular weight is 467 g/mol. The molecule has 1 aromatic carbocycles. The number of carbonyl (C=O) groups is 1. The van der Waals surface area contributed by atoms with E-state index in [4.69, 9.17) is 26.1 Å². The molecule has 0 atom stereocenters. The second-order valence-electron chi connectivity index (χ2n) is 7.18. The van der Waals surface area contributed by atoms with Gasteiger partial charge in [0.05, 0.1) is 6.61 Å². The molecule has 3 rings (SSSR count). The average Bonchev–Trinajstić information content (AvgIpc) is 3.01. The minimum absolute atomic E-state index is 0.521. The number of halogens is 1. The van der Waals surface area contributed by atoms with Gasteiger partial charge in [0.15, 0.2) is 5.82 Å². The van der Waals surface area contributed by atoms with Crippen molar-refractivity contribution in [2.24, 2.45) is 7.05 Å². The molecule has 1 aromatic heterocycles. The third-order valence-electron chi connectivity index (χ3n) is 4.75. The van der Waals surface area contributed by atoms with E-state index < -0.39 is 0 Å². The number of ether oxygens (including phenoxy) is 1. The zero-order chi connectivity index (χ0) is 24.1. The zero-order valence-electron chi connectivity index (χ0n) is 19.3. The van der Waals surface area contributed by atoms with Crippen molar-refractivity contribution in [2.75, 3.05) is 11.9 Å². The van der Waals surface area contributed by atoms with Gasteiger partial charge in [0.2, 0.25) is 5.95 Å².